The third-order valence-corrected chi connectivity index (χ3v) is 3.86. The van der Waals surface area contributed by atoms with Gasteiger partial charge in [0.15, 0.2) is 11.6 Å². The molecule has 140 valence electrons. The minimum atomic E-state index is -0.965. The third kappa shape index (κ3) is 4.35. The number of hydrogen-bond donors (Lipinski definition) is 2. The number of hydrogen-bond acceptors (Lipinski definition) is 6. The lowest BCUT2D eigenvalue weighted by Gasteiger charge is -2.14. The van der Waals surface area contributed by atoms with Crippen LogP contribution in [0.25, 0.3) is 0 Å². The molecule has 0 fully saturated rings. The monoisotopic (exact) mass is 392 g/mol. The number of halogens is 3. The molecule has 0 amide bonds. The molecule has 0 aliphatic carbocycles. The summed E-state index contributed by atoms with van der Waals surface area (Å²) in [5.41, 5.74) is 0.896. The van der Waals surface area contributed by atoms with E-state index in [9.17, 15) is 8.78 Å². The molecule has 3 rings (SSSR count). The zero-order valence-electron chi connectivity index (χ0n) is 14.4. The van der Waals surface area contributed by atoms with Gasteiger partial charge in [0.05, 0.1) is 24.9 Å². The largest absolute Gasteiger partial charge is 0.495 e. The van der Waals surface area contributed by atoms with Crippen LogP contribution in [0.1, 0.15) is 0 Å². The van der Waals surface area contributed by atoms with Crippen molar-refractivity contribution in [1.82, 2.24) is 9.97 Å². The predicted octanol–water partition coefficient (Wildman–Crippen LogP) is 4.91. The Bertz CT molecular complexity index is 972. The molecule has 0 radical (unpaired) electrons. The van der Waals surface area contributed by atoms with Gasteiger partial charge < -0.3 is 20.1 Å². The van der Waals surface area contributed by atoms with Crippen molar-refractivity contribution in [1.29, 1.82) is 0 Å². The first-order valence-corrected chi connectivity index (χ1v) is 8.11. The number of anilines is 4. The zero-order valence-corrected chi connectivity index (χ0v) is 15.1. The second kappa shape index (κ2) is 8.05. The highest BCUT2D eigenvalue weighted by Crippen LogP contribution is 2.37. The van der Waals surface area contributed by atoms with Crippen molar-refractivity contribution >= 4 is 34.7 Å². The Labute approximate surface area is 159 Å². The van der Waals surface area contributed by atoms with Gasteiger partial charge in [-0.15, -0.1) is 0 Å². The highest BCUT2D eigenvalue weighted by atomic mass is 35.5. The molecule has 0 saturated carbocycles. The van der Waals surface area contributed by atoms with Crippen molar-refractivity contribution in [2.75, 3.05) is 24.9 Å². The minimum Gasteiger partial charge on any atom is -0.495 e. The van der Waals surface area contributed by atoms with E-state index in [-0.39, 0.29) is 5.95 Å². The summed E-state index contributed by atoms with van der Waals surface area (Å²) in [6.45, 7) is 0. The van der Waals surface area contributed by atoms with Gasteiger partial charge in [0.2, 0.25) is 5.95 Å². The van der Waals surface area contributed by atoms with Crippen LogP contribution in [-0.2, 0) is 0 Å². The summed E-state index contributed by atoms with van der Waals surface area (Å²) in [6.07, 6.45) is 1.51. The van der Waals surface area contributed by atoms with Crippen molar-refractivity contribution in [3.05, 3.63) is 59.3 Å². The fraction of sp³-hybridized carbons (Fsp3) is 0.111. The van der Waals surface area contributed by atoms with E-state index in [4.69, 9.17) is 21.1 Å². The molecule has 9 heteroatoms. The van der Waals surface area contributed by atoms with Crippen LogP contribution in [-0.4, -0.2) is 24.2 Å². The second-order valence-electron chi connectivity index (χ2n) is 5.33. The van der Waals surface area contributed by atoms with Gasteiger partial charge in [0.25, 0.3) is 0 Å². The standard InChI is InChI=1S/C18H15ClF2N4O2/c1-26-15-9-14(16(27-2)8-11(15)19)24-17-5-6-22-18(25-17)23-10-3-4-12(20)13(21)7-10/h3-9H,1-2H3,(H2,22,23,24,25). The maximum absolute atomic E-state index is 13.3. The van der Waals surface area contributed by atoms with Gasteiger partial charge in [0, 0.05) is 30.1 Å². The fourth-order valence-corrected chi connectivity index (χ4v) is 2.52. The zero-order chi connectivity index (χ0) is 19.4. The molecule has 6 nitrogen and oxygen atoms in total. The minimum absolute atomic E-state index is 0.200. The topological polar surface area (TPSA) is 68.3 Å². The van der Waals surface area contributed by atoms with E-state index in [0.717, 1.165) is 12.1 Å². The average Bonchev–Trinajstić information content (AvgIpc) is 2.66. The summed E-state index contributed by atoms with van der Waals surface area (Å²) in [7, 11) is 3.02. The predicted molar refractivity (Wildman–Crippen MR) is 99.5 cm³/mol. The van der Waals surface area contributed by atoms with Crippen LogP contribution in [0.5, 0.6) is 11.5 Å². The molecular weight excluding hydrogens is 378 g/mol. The molecule has 2 N–H and O–H groups in total. The molecule has 0 aliphatic rings. The molecule has 1 heterocycles. The van der Waals surface area contributed by atoms with E-state index < -0.39 is 11.6 Å². The van der Waals surface area contributed by atoms with Crippen LogP contribution >= 0.6 is 11.6 Å². The Hall–Kier alpha value is -3.13. The lowest BCUT2D eigenvalue weighted by molar-refractivity contribution is 0.405. The quantitative estimate of drug-likeness (QED) is 0.621. The molecule has 0 atom stereocenters. The number of rotatable bonds is 6. The van der Waals surface area contributed by atoms with Crippen molar-refractivity contribution in [3.63, 3.8) is 0 Å². The maximum Gasteiger partial charge on any atom is 0.229 e. The SMILES string of the molecule is COc1cc(Nc2ccnc(Nc3ccc(F)c(F)c3)n2)c(OC)cc1Cl. The van der Waals surface area contributed by atoms with E-state index in [1.165, 1.54) is 26.5 Å². The van der Waals surface area contributed by atoms with Gasteiger partial charge in [0.1, 0.15) is 17.3 Å². The number of aromatic nitrogens is 2. The lowest BCUT2D eigenvalue weighted by atomic mass is 10.2. The van der Waals surface area contributed by atoms with Crippen LogP contribution in [0, 0.1) is 11.6 Å². The summed E-state index contributed by atoms with van der Waals surface area (Å²) in [6, 6.07) is 8.35. The van der Waals surface area contributed by atoms with E-state index >= 15 is 0 Å². The van der Waals surface area contributed by atoms with Gasteiger partial charge in [-0.1, -0.05) is 11.6 Å². The van der Waals surface area contributed by atoms with E-state index in [0.29, 0.717) is 33.7 Å². The second-order valence-corrected chi connectivity index (χ2v) is 5.74. The lowest BCUT2D eigenvalue weighted by Crippen LogP contribution is -2.02. The number of nitrogens with one attached hydrogen (secondary N) is 2. The van der Waals surface area contributed by atoms with Crippen LogP contribution in [0.3, 0.4) is 0 Å². The van der Waals surface area contributed by atoms with Gasteiger partial charge in [-0.05, 0) is 18.2 Å². The van der Waals surface area contributed by atoms with Gasteiger partial charge >= 0.3 is 0 Å². The Kier molecular flexibility index (Phi) is 5.56. The number of nitrogens with zero attached hydrogens (tertiary/aromatic N) is 2. The fourth-order valence-electron chi connectivity index (χ4n) is 2.29. The molecule has 0 bridgehead atoms. The molecule has 0 spiro atoms. The Morgan fingerprint density at radius 2 is 1.70 bits per heavy atom. The molecule has 3 aromatic rings. The Morgan fingerprint density at radius 3 is 2.41 bits per heavy atom. The van der Waals surface area contributed by atoms with Crippen LogP contribution in [0.4, 0.5) is 31.9 Å². The van der Waals surface area contributed by atoms with Crippen molar-refractivity contribution in [3.8, 4) is 11.5 Å². The van der Waals surface area contributed by atoms with Crippen molar-refractivity contribution < 1.29 is 18.3 Å². The van der Waals surface area contributed by atoms with Gasteiger partial charge in [-0.25, -0.2) is 13.8 Å². The van der Waals surface area contributed by atoms with Crippen LogP contribution in [0.2, 0.25) is 5.02 Å². The van der Waals surface area contributed by atoms with E-state index in [1.807, 2.05) is 0 Å². The smallest absolute Gasteiger partial charge is 0.229 e. The summed E-state index contributed by atoms with van der Waals surface area (Å²) in [4.78, 5) is 8.35. The van der Waals surface area contributed by atoms with Crippen LogP contribution in [0.15, 0.2) is 42.6 Å². The number of benzene rings is 2. The molecular formula is C18H15ClF2N4O2. The summed E-state index contributed by atoms with van der Waals surface area (Å²) < 4.78 is 36.9. The van der Waals surface area contributed by atoms with E-state index in [2.05, 4.69) is 20.6 Å². The van der Waals surface area contributed by atoms with Gasteiger partial charge in [-0.3, -0.25) is 0 Å². The highest BCUT2D eigenvalue weighted by molar-refractivity contribution is 6.32. The highest BCUT2D eigenvalue weighted by Gasteiger charge is 2.11. The molecule has 0 unspecified atom stereocenters. The Balaban J connectivity index is 1.85. The third-order valence-electron chi connectivity index (χ3n) is 3.57. The summed E-state index contributed by atoms with van der Waals surface area (Å²) in [5.74, 6) is -0.291. The first-order valence-electron chi connectivity index (χ1n) is 7.74. The molecule has 27 heavy (non-hydrogen) atoms. The molecule has 1 aromatic heterocycles. The molecule has 0 aliphatic heterocycles. The van der Waals surface area contributed by atoms with Crippen LogP contribution < -0.4 is 20.1 Å². The average molecular weight is 393 g/mol. The van der Waals surface area contributed by atoms with E-state index in [1.54, 1.807) is 18.2 Å². The maximum atomic E-state index is 13.3. The molecule has 2 aromatic carbocycles. The number of methoxy groups -OCH3 is 2. The van der Waals surface area contributed by atoms with Crippen molar-refractivity contribution in [2.45, 2.75) is 0 Å². The summed E-state index contributed by atoms with van der Waals surface area (Å²) in [5, 5.41) is 6.30. The normalized spacial score (nSPS) is 10.4. The molecule has 0 saturated heterocycles. The summed E-state index contributed by atoms with van der Waals surface area (Å²) >= 11 is 6.10. The van der Waals surface area contributed by atoms with Crippen molar-refractivity contribution in [2.24, 2.45) is 0 Å². The first kappa shape index (κ1) is 18.7. The van der Waals surface area contributed by atoms with Gasteiger partial charge in [-0.2, -0.15) is 4.98 Å². The number of ether oxygens (including phenoxy) is 2. The Morgan fingerprint density at radius 1 is 0.926 bits per heavy atom. The first-order chi connectivity index (χ1) is 13.0.